The summed E-state index contributed by atoms with van der Waals surface area (Å²) in [7, 11) is 1.70. The minimum absolute atomic E-state index is 0.0957. The smallest absolute Gasteiger partial charge is 0.449 e. The van der Waals surface area contributed by atoms with Crippen LogP contribution >= 0.6 is 11.6 Å². The van der Waals surface area contributed by atoms with Gasteiger partial charge in [-0.15, -0.1) is 0 Å². The molecule has 5 rings (SSSR count). The summed E-state index contributed by atoms with van der Waals surface area (Å²) in [6, 6.07) is 11.2. The molecule has 2 aliphatic rings. The van der Waals surface area contributed by atoms with Crippen LogP contribution in [0.1, 0.15) is 52.4 Å². The highest BCUT2D eigenvalue weighted by Crippen LogP contribution is 2.47. The molecule has 2 aromatic carbocycles. The summed E-state index contributed by atoms with van der Waals surface area (Å²) in [5, 5.41) is 8.88. The molecule has 0 spiro atoms. The lowest BCUT2D eigenvalue weighted by atomic mass is 9.92. The van der Waals surface area contributed by atoms with Crippen LogP contribution in [0.25, 0.3) is 0 Å². The van der Waals surface area contributed by atoms with Gasteiger partial charge in [0.05, 0.1) is 23.7 Å². The van der Waals surface area contributed by atoms with Crippen LogP contribution in [0.5, 0.6) is 5.75 Å². The van der Waals surface area contributed by atoms with Crippen LogP contribution in [0.15, 0.2) is 60.9 Å². The van der Waals surface area contributed by atoms with E-state index in [2.05, 4.69) is 9.88 Å². The molecule has 1 aliphatic heterocycles. The van der Waals surface area contributed by atoms with Crippen molar-refractivity contribution in [2.75, 3.05) is 25.0 Å². The van der Waals surface area contributed by atoms with Gasteiger partial charge in [0.1, 0.15) is 17.4 Å². The number of anilines is 1. The number of carbonyl (C=O) groups is 2. The molecule has 1 fully saturated rings. The number of quaternary nitrogens is 1. The molecule has 3 aromatic rings. The lowest BCUT2D eigenvalue weighted by Gasteiger charge is -2.47. The first-order valence-corrected chi connectivity index (χ1v) is 13.3. The van der Waals surface area contributed by atoms with Crippen molar-refractivity contribution in [3.8, 4) is 5.75 Å². The molecular formula is C29H28ClF3N3O4+. The third-order valence-corrected chi connectivity index (χ3v) is 8.55. The number of fused-ring (bicyclic) bond motifs is 1. The molecule has 11 heteroatoms. The molecule has 1 aromatic heterocycles. The average Bonchev–Trinajstić information content (AvgIpc) is 3.35. The van der Waals surface area contributed by atoms with E-state index in [1.54, 1.807) is 37.6 Å². The maximum absolute atomic E-state index is 14.5. The fourth-order valence-electron chi connectivity index (χ4n) is 6.28. The maximum atomic E-state index is 14.5. The molecule has 7 nitrogen and oxygen atoms in total. The Morgan fingerprint density at radius 1 is 1.07 bits per heavy atom. The van der Waals surface area contributed by atoms with E-state index in [0.29, 0.717) is 44.3 Å². The number of hydrogen-bond acceptors (Lipinski definition) is 5. The number of alkyl halides is 3. The van der Waals surface area contributed by atoms with Gasteiger partial charge in [-0.25, -0.2) is 14.1 Å². The predicted molar refractivity (Wildman–Crippen MR) is 143 cm³/mol. The monoisotopic (exact) mass is 574 g/mol. The van der Waals surface area contributed by atoms with Gasteiger partial charge < -0.3 is 14.7 Å². The molecule has 1 saturated heterocycles. The Morgan fingerprint density at radius 2 is 1.77 bits per heavy atom. The highest BCUT2D eigenvalue weighted by atomic mass is 35.5. The number of aryl methyl sites for hydroxylation is 1. The van der Waals surface area contributed by atoms with E-state index >= 15 is 0 Å². The van der Waals surface area contributed by atoms with E-state index in [1.165, 1.54) is 12.1 Å². The number of hydrogen-bond donors (Lipinski definition) is 1. The molecule has 1 N–H and O–H groups in total. The van der Waals surface area contributed by atoms with Gasteiger partial charge in [0.15, 0.2) is 0 Å². The summed E-state index contributed by atoms with van der Waals surface area (Å²) in [5.74, 6) is -0.610. The van der Waals surface area contributed by atoms with E-state index in [-0.39, 0.29) is 21.3 Å². The van der Waals surface area contributed by atoms with Crippen molar-refractivity contribution < 1.29 is 37.1 Å². The van der Waals surface area contributed by atoms with Crippen LogP contribution < -0.4 is 9.64 Å². The zero-order valence-electron chi connectivity index (χ0n) is 21.7. The van der Waals surface area contributed by atoms with E-state index < -0.39 is 35.4 Å². The molecule has 40 heavy (non-hydrogen) atoms. The van der Waals surface area contributed by atoms with Crippen molar-refractivity contribution in [3.63, 3.8) is 0 Å². The number of halogens is 4. The first-order valence-electron chi connectivity index (χ1n) is 12.9. The largest absolute Gasteiger partial charge is 0.511 e. The summed E-state index contributed by atoms with van der Waals surface area (Å²) in [6.45, 7) is 1.21. The van der Waals surface area contributed by atoms with Crippen molar-refractivity contribution in [2.45, 2.75) is 43.9 Å². The number of carbonyl (C=O) groups excluding carboxylic acids is 1. The lowest BCUT2D eigenvalue weighted by molar-refractivity contribution is -0.887. The summed E-state index contributed by atoms with van der Waals surface area (Å²) >= 11 is 6.34. The second kappa shape index (κ2) is 10.7. The van der Waals surface area contributed by atoms with Gasteiger partial charge in [-0.05, 0) is 48.4 Å². The third kappa shape index (κ3) is 5.13. The van der Waals surface area contributed by atoms with Crippen molar-refractivity contribution in [3.05, 3.63) is 88.2 Å². The minimum Gasteiger partial charge on any atom is -0.449 e. The zero-order chi connectivity index (χ0) is 28.7. The molecule has 0 bridgehead atoms. The van der Waals surface area contributed by atoms with Gasteiger partial charge in [0, 0.05) is 56.0 Å². The number of amides is 1. The minimum atomic E-state index is -4.78. The highest BCUT2D eigenvalue weighted by Gasteiger charge is 2.53. The average molecular weight is 575 g/mol. The normalized spacial score (nSPS) is 19.1. The molecule has 210 valence electrons. The number of piperidine rings is 1. The Bertz CT molecular complexity index is 1430. The van der Waals surface area contributed by atoms with Gasteiger partial charge in [0.25, 0.3) is 0 Å². The summed E-state index contributed by atoms with van der Waals surface area (Å²) in [6.07, 6.45) is -0.649. The lowest BCUT2D eigenvalue weighted by Crippen LogP contribution is -2.61. The Kier molecular flexibility index (Phi) is 7.50. The van der Waals surface area contributed by atoms with Gasteiger partial charge >= 0.3 is 18.2 Å². The molecule has 2 heterocycles. The number of rotatable bonds is 5. The second-order valence-electron chi connectivity index (χ2n) is 10.3. The molecule has 1 amide bonds. The van der Waals surface area contributed by atoms with E-state index in [9.17, 15) is 22.8 Å². The first kappa shape index (κ1) is 27.9. The Hall–Kier alpha value is -3.63. The fourth-order valence-corrected chi connectivity index (χ4v) is 6.53. The summed E-state index contributed by atoms with van der Waals surface area (Å²) in [4.78, 5) is 31.9. The first-order chi connectivity index (χ1) is 19.0. The van der Waals surface area contributed by atoms with Crippen molar-refractivity contribution in [1.82, 2.24) is 4.98 Å². The Labute approximate surface area is 234 Å². The fraction of sp³-hybridized carbons (Fsp3) is 0.345. The number of pyridine rings is 1. The second-order valence-corrected chi connectivity index (χ2v) is 10.7. The molecule has 1 aliphatic carbocycles. The van der Waals surface area contributed by atoms with Gasteiger partial charge in [0.2, 0.25) is 0 Å². The molecule has 0 radical (unpaired) electrons. The van der Waals surface area contributed by atoms with Crippen molar-refractivity contribution >= 4 is 29.4 Å². The van der Waals surface area contributed by atoms with Crippen LogP contribution in [-0.4, -0.2) is 52.8 Å². The number of benzene rings is 2. The van der Waals surface area contributed by atoms with Crippen LogP contribution in [0.4, 0.5) is 23.7 Å². The highest BCUT2D eigenvalue weighted by molar-refractivity contribution is 6.33. The third-order valence-electron chi connectivity index (χ3n) is 8.24. The van der Waals surface area contributed by atoms with Crippen LogP contribution in [-0.2, 0) is 12.6 Å². The van der Waals surface area contributed by atoms with E-state index in [0.717, 1.165) is 17.3 Å². The molecule has 2 unspecified atom stereocenters. The number of aromatic nitrogens is 1. The van der Waals surface area contributed by atoms with Crippen molar-refractivity contribution in [2.24, 2.45) is 0 Å². The predicted octanol–water partition coefficient (Wildman–Crippen LogP) is 6.75. The zero-order valence-corrected chi connectivity index (χ0v) is 22.5. The number of carboxylic acid groups (broad SMARTS) is 1. The van der Waals surface area contributed by atoms with E-state index in [1.807, 2.05) is 12.1 Å². The molecule has 0 saturated carbocycles. The standard InChI is InChI=1S/C29H27ClF3N3O4/c1-36(20-11-15-35(16-12-20)19-9-13-34-14-10-19,27(37)26-23(29(31,32)33)3-2-4-24(26)30)25-8-6-18-5-7-21(17-22(18)25)40-28(38)39/h2-5,7,9-10,13-14,17,20,25H,6,8,11-12,15-16H2,1H3/p+1. The topological polar surface area (TPSA) is 79.7 Å². The quantitative estimate of drug-likeness (QED) is 0.206. The van der Waals surface area contributed by atoms with E-state index in [4.69, 9.17) is 21.4 Å². The van der Waals surface area contributed by atoms with Gasteiger partial charge in [-0.2, -0.15) is 13.2 Å². The van der Waals surface area contributed by atoms with Gasteiger partial charge in [-0.3, -0.25) is 4.98 Å². The van der Waals surface area contributed by atoms with Crippen molar-refractivity contribution in [1.29, 1.82) is 0 Å². The number of nitrogens with zero attached hydrogens (tertiary/aromatic N) is 3. The summed E-state index contributed by atoms with van der Waals surface area (Å²) < 4.78 is 47.0. The van der Waals surface area contributed by atoms with Crippen LogP contribution in [0, 0.1) is 0 Å². The maximum Gasteiger partial charge on any atom is 0.511 e. The van der Waals surface area contributed by atoms with Gasteiger partial charge in [-0.1, -0.05) is 23.7 Å². The molecular weight excluding hydrogens is 547 g/mol. The summed E-state index contributed by atoms with van der Waals surface area (Å²) in [5.41, 5.74) is 0.990. The molecule has 2 atom stereocenters. The Morgan fingerprint density at radius 3 is 2.42 bits per heavy atom. The number of ether oxygens (including phenoxy) is 1. The van der Waals surface area contributed by atoms with Crippen LogP contribution in [0.2, 0.25) is 5.02 Å². The SMILES string of the molecule is C[N+](C(=O)c1c(Cl)cccc1C(F)(F)F)(C1CCN(c2ccncc2)CC1)C1CCc2ccc(OC(=O)O)cc21. The Balaban J connectivity index is 1.59. The van der Waals surface area contributed by atoms with Crippen LogP contribution in [0.3, 0.4) is 0 Å².